The summed E-state index contributed by atoms with van der Waals surface area (Å²) in [5.41, 5.74) is 0. The second-order valence-electron chi connectivity index (χ2n) is 6.90. The molecule has 1 saturated carbocycles. The lowest BCUT2D eigenvalue weighted by molar-refractivity contribution is 0.260. The first-order chi connectivity index (χ1) is 10.0. The van der Waals surface area contributed by atoms with Crippen LogP contribution >= 0.6 is 35.7 Å². The van der Waals surface area contributed by atoms with Gasteiger partial charge in [-0.2, -0.15) is 11.8 Å². The van der Waals surface area contributed by atoms with Gasteiger partial charge in [0.05, 0.1) is 0 Å². The van der Waals surface area contributed by atoms with E-state index in [4.69, 9.17) is 0 Å². The minimum atomic E-state index is 0. The molecule has 0 radical (unpaired) electrons. The van der Waals surface area contributed by atoms with Gasteiger partial charge in [-0.1, -0.05) is 13.8 Å². The monoisotopic (exact) mass is 440 g/mol. The largest absolute Gasteiger partial charge is 0.355 e. The highest BCUT2D eigenvalue weighted by atomic mass is 127. The van der Waals surface area contributed by atoms with Crippen LogP contribution in [0.5, 0.6) is 0 Å². The Morgan fingerprint density at radius 3 is 2.55 bits per heavy atom. The molecule has 1 heterocycles. The summed E-state index contributed by atoms with van der Waals surface area (Å²) in [6, 6.07) is 0.641. The van der Waals surface area contributed by atoms with Crippen LogP contribution in [0.1, 0.15) is 26.7 Å². The van der Waals surface area contributed by atoms with E-state index < -0.39 is 0 Å². The molecule has 0 aromatic rings. The van der Waals surface area contributed by atoms with Crippen LogP contribution in [0.25, 0.3) is 0 Å². The van der Waals surface area contributed by atoms with E-state index in [0.29, 0.717) is 6.04 Å². The molecule has 0 aromatic carbocycles. The predicted molar refractivity (Wildman–Crippen MR) is 110 cm³/mol. The van der Waals surface area contributed by atoms with Gasteiger partial charge in [-0.25, -0.2) is 0 Å². The zero-order valence-corrected chi connectivity index (χ0v) is 17.9. The topological polar surface area (TPSA) is 30.9 Å². The van der Waals surface area contributed by atoms with E-state index in [-0.39, 0.29) is 24.0 Å². The van der Waals surface area contributed by atoms with Gasteiger partial charge in [-0.15, -0.1) is 24.0 Å². The van der Waals surface area contributed by atoms with Crippen LogP contribution in [0, 0.1) is 11.8 Å². The van der Waals surface area contributed by atoms with Crippen molar-refractivity contribution in [2.75, 3.05) is 46.5 Å². The Balaban J connectivity index is 0.00000242. The summed E-state index contributed by atoms with van der Waals surface area (Å²) in [6.45, 7) is 7.90. The Hall–Kier alpha value is 0.310. The second kappa shape index (κ2) is 9.57. The van der Waals surface area contributed by atoms with E-state index in [1.54, 1.807) is 0 Å². The standard InChI is InChI=1S/C16H32N4S.HI/c1-12(2)15-11-20(8-9-21-15)16(17-3)18-10-14(19(4)5)13-6-7-13;/h12-15H,6-11H2,1-5H3,(H,17,18);1H. The van der Waals surface area contributed by atoms with E-state index in [2.05, 4.69) is 59.8 Å². The number of halogens is 1. The highest BCUT2D eigenvalue weighted by molar-refractivity contribution is 14.0. The molecule has 22 heavy (non-hydrogen) atoms. The Bertz CT molecular complexity index is 356. The molecule has 2 fully saturated rings. The molecule has 2 rings (SSSR count). The molecule has 2 atom stereocenters. The van der Waals surface area contributed by atoms with Gasteiger partial charge >= 0.3 is 0 Å². The SMILES string of the molecule is CN=C(NCC(C1CC1)N(C)C)N1CCSC(C(C)C)C1.I. The van der Waals surface area contributed by atoms with Crippen LogP contribution in [-0.4, -0.2) is 73.6 Å². The third-order valence-electron chi connectivity index (χ3n) is 4.65. The maximum atomic E-state index is 4.52. The van der Waals surface area contributed by atoms with E-state index in [1.165, 1.54) is 18.6 Å². The first-order valence-electron chi connectivity index (χ1n) is 8.26. The van der Waals surface area contributed by atoms with Crippen LogP contribution < -0.4 is 5.32 Å². The van der Waals surface area contributed by atoms with Gasteiger partial charge in [-0.3, -0.25) is 4.99 Å². The molecule has 1 N–H and O–H groups in total. The summed E-state index contributed by atoms with van der Waals surface area (Å²) in [7, 11) is 6.30. The average Bonchev–Trinajstić information content (AvgIpc) is 3.28. The van der Waals surface area contributed by atoms with Gasteiger partial charge in [0.2, 0.25) is 0 Å². The summed E-state index contributed by atoms with van der Waals surface area (Å²) in [5, 5.41) is 4.35. The maximum absolute atomic E-state index is 4.52. The van der Waals surface area contributed by atoms with E-state index >= 15 is 0 Å². The molecule has 4 nitrogen and oxygen atoms in total. The molecular formula is C16H33IN4S. The normalized spacial score (nSPS) is 24.4. The van der Waals surface area contributed by atoms with Crippen molar-refractivity contribution in [3.8, 4) is 0 Å². The molecule has 2 aliphatic rings. The van der Waals surface area contributed by atoms with Crippen molar-refractivity contribution in [3.63, 3.8) is 0 Å². The Kier molecular flexibility index (Phi) is 8.85. The zero-order valence-electron chi connectivity index (χ0n) is 14.7. The summed E-state index contributed by atoms with van der Waals surface area (Å²) in [4.78, 5) is 9.33. The first kappa shape index (κ1) is 20.4. The van der Waals surface area contributed by atoms with E-state index in [1.807, 2.05) is 7.05 Å². The summed E-state index contributed by atoms with van der Waals surface area (Å²) >= 11 is 2.11. The van der Waals surface area contributed by atoms with Crippen molar-refractivity contribution in [1.82, 2.24) is 15.1 Å². The minimum Gasteiger partial charge on any atom is -0.355 e. The van der Waals surface area contributed by atoms with Gasteiger partial charge in [0.15, 0.2) is 5.96 Å². The Labute approximate surface area is 157 Å². The molecule has 0 aromatic heterocycles. The quantitative estimate of drug-likeness (QED) is 0.405. The fourth-order valence-corrected chi connectivity index (χ4v) is 4.35. The van der Waals surface area contributed by atoms with Crippen molar-refractivity contribution < 1.29 is 0 Å². The molecule has 130 valence electrons. The zero-order chi connectivity index (χ0) is 15.4. The lowest BCUT2D eigenvalue weighted by atomic mass is 10.1. The van der Waals surface area contributed by atoms with E-state index in [0.717, 1.165) is 42.7 Å². The number of nitrogens with zero attached hydrogens (tertiary/aromatic N) is 3. The Morgan fingerprint density at radius 1 is 1.36 bits per heavy atom. The number of guanidine groups is 1. The lowest BCUT2D eigenvalue weighted by Gasteiger charge is -2.37. The van der Waals surface area contributed by atoms with E-state index in [9.17, 15) is 0 Å². The van der Waals surface area contributed by atoms with Crippen LogP contribution in [0.4, 0.5) is 0 Å². The smallest absolute Gasteiger partial charge is 0.193 e. The molecule has 0 amide bonds. The number of hydrogen-bond donors (Lipinski definition) is 1. The number of rotatable bonds is 5. The third kappa shape index (κ3) is 5.74. The molecule has 6 heteroatoms. The summed E-state index contributed by atoms with van der Waals surface area (Å²) < 4.78 is 0. The van der Waals surface area contributed by atoms with Crippen molar-refractivity contribution in [2.24, 2.45) is 16.8 Å². The number of thioether (sulfide) groups is 1. The number of hydrogen-bond acceptors (Lipinski definition) is 3. The van der Waals surface area contributed by atoms with Crippen molar-refractivity contribution in [3.05, 3.63) is 0 Å². The third-order valence-corrected chi connectivity index (χ3v) is 6.19. The first-order valence-corrected chi connectivity index (χ1v) is 9.31. The second-order valence-corrected chi connectivity index (χ2v) is 8.24. The number of aliphatic imine (C=N–C) groups is 1. The molecule has 0 spiro atoms. The van der Waals surface area contributed by atoms with Gasteiger partial charge in [0.1, 0.15) is 0 Å². The molecular weight excluding hydrogens is 407 g/mol. The van der Waals surface area contributed by atoms with Crippen LogP contribution in [0.3, 0.4) is 0 Å². The fourth-order valence-electron chi connectivity index (χ4n) is 3.05. The fraction of sp³-hybridized carbons (Fsp3) is 0.938. The van der Waals surface area contributed by atoms with Crippen molar-refractivity contribution >= 4 is 41.7 Å². The molecule has 0 bridgehead atoms. The Morgan fingerprint density at radius 2 is 2.05 bits per heavy atom. The summed E-state index contributed by atoms with van der Waals surface area (Å²) in [6.07, 6.45) is 2.78. The molecule has 1 saturated heterocycles. The van der Waals surface area contributed by atoms with Crippen molar-refractivity contribution in [1.29, 1.82) is 0 Å². The highest BCUT2D eigenvalue weighted by Crippen LogP contribution is 2.34. The van der Waals surface area contributed by atoms with Crippen LogP contribution in [-0.2, 0) is 0 Å². The predicted octanol–water partition coefficient (Wildman–Crippen LogP) is 2.59. The van der Waals surface area contributed by atoms with Crippen LogP contribution in [0.2, 0.25) is 0 Å². The average molecular weight is 440 g/mol. The van der Waals surface area contributed by atoms with Gasteiger partial charge in [0, 0.05) is 43.7 Å². The number of nitrogens with one attached hydrogen (secondary N) is 1. The molecule has 1 aliphatic carbocycles. The van der Waals surface area contributed by atoms with Gasteiger partial charge < -0.3 is 15.1 Å². The highest BCUT2D eigenvalue weighted by Gasteiger charge is 2.33. The van der Waals surface area contributed by atoms with Crippen LogP contribution in [0.15, 0.2) is 4.99 Å². The van der Waals surface area contributed by atoms with Gasteiger partial charge in [0.25, 0.3) is 0 Å². The minimum absolute atomic E-state index is 0. The maximum Gasteiger partial charge on any atom is 0.193 e. The lowest BCUT2D eigenvalue weighted by Crippen LogP contribution is -2.51. The van der Waals surface area contributed by atoms with Crippen molar-refractivity contribution in [2.45, 2.75) is 38.0 Å². The molecule has 1 aliphatic heterocycles. The van der Waals surface area contributed by atoms with Gasteiger partial charge in [-0.05, 0) is 38.8 Å². The molecule has 2 unspecified atom stereocenters. The summed E-state index contributed by atoms with van der Waals surface area (Å²) in [5.74, 6) is 3.92. The number of likely N-dealkylation sites (N-methyl/N-ethyl adjacent to an activating group) is 1.